The van der Waals surface area contributed by atoms with E-state index in [1.807, 2.05) is 36.6 Å². The molecule has 6 heteroatoms. The first kappa shape index (κ1) is 14.0. The number of aryl methyl sites for hydroxylation is 2. The highest BCUT2D eigenvalue weighted by Gasteiger charge is 2.12. The van der Waals surface area contributed by atoms with E-state index in [2.05, 4.69) is 20.8 Å². The summed E-state index contributed by atoms with van der Waals surface area (Å²) in [6.07, 6.45) is 1.66. The van der Waals surface area contributed by atoms with Gasteiger partial charge in [-0.05, 0) is 31.5 Å². The second-order valence-electron chi connectivity index (χ2n) is 4.51. The maximum atomic E-state index is 12.2. The van der Waals surface area contributed by atoms with E-state index in [1.54, 1.807) is 13.4 Å². The van der Waals surface area contributed by atoms with Gasteiger partial charge in [0.2, 0.25) is 0 Å². The number of nitrogens with zero attached hydrogens (tertiary/aromatic N) is 3. The van der Waals surface area contributed by atoms with Crippen molar-refractivity contribution in [3.63, 3.8) is 0 Å². The number of hydrogen-bond acceptors (Lipinski definition) is 4. The summed E-state index contributed by atoms with van der Waals surface area (Å²) in [5.41, 5.74) is 2.55. The Labute approximate surface area is 118 Å². The number of carbonyl (C=O) groups excluding carboxylic acids is 1. The molecular weight excluding hydrogens is 254 g/mol. The van der Waals surface area contributed by atoms with E-state index in [4.69, 9.17) is 0 Å². The van der Waals surface area contributed by atoms with E-state index in [1.165, 1.54) is 0 Å². The highest BCUT2D eigenvalue weighted by Crippen LogP contribution is 2.16. The lowest BCUT2D eigenvalue weighted by atomic mass is 10.1. The molecule has 1 amide bonds. The fraction of sp³-hybridized carbons (Fsp3) is 0.357. The van der Waals surface area contributed by atoms with Crippen molar-refractivity contribution in [1.29, 1.82) is 0 Å². The van der Waals surface area contributed by atoms with Gasteiger partial charge < -0.3 is 15.2 Å². The summed E-state index contributed by atoms with van der Waals surface area (Å²) in [6, 6.07) is 5.69. The van der Waals surface area contributed by atoms with Crippen LogP contribution in [0.15, 0.2) is 24.5 Å². The molecule has 0 spiro atoms. The van der Waals surface area contributed by atoms with Crippen LogP contribution in [0, 0.1) is 6.92 Å². The Bertz CT molecular complexity index is 605. The van der Waals surface area contributed by atoms with Gasteiger partial charge in [0, 0.05) is 19.3 Å². The van der Waals surface area contributed by atoms with Crippen molar-refractivity contribution >= 4 is 11.6 Å². The van der Waals surface area contributed by atoms with Crippen LogP contribution in [0.25, 0.3) is 0 Å². The third-order valence-corrected chi connectivity index (χ3v) is 3.13. The van der Waals surface area contributed by atoms with E-state index in [0.717, 1.165) is 23.6 Å². The van der Waals surface area contributed by atoms with Crippen LogP contribution in [-0.4, -0.2) is 27.7 Å². The van der Waals surface area contributed by atoms with Crippen molar-refractivity contribution in [2.45, 2.75) is 26.9 Å². The Morgan fingerprint density at radius 2 is 2.20 bits per heavy atom. The van der Waals surface area contributed by atoms with Crippen LogP contribution in [0.4, 0.5) is 5.69 Å². The number of benzene rings is 1. The number of rotatable bonds is 5. The molecule has 0 aliphatic rings. The lowest BCUT2D eigenvalue weighted by Gasteiger charge is -2.10. The molecule has 0 fully saturated rings. The summed E-state index contributed by atoms with van der Waals surface area (Å²) < 4.78 is 1.90. The van der Waals surface area contributed by atoms with Gasteiger partial charge in [-0.25, -0.2) is 0 Å². The first-order chi connectivity index (χ1) is 9.65. The van der Waals surface area contributed by atoms with Crippen molar-refractivity contribution in [1.82, 2.24) is 20.1 Å². The predicted octanol–water partition coefficient (Wildman–Crippen LogP) is 1.58. The summed E-state index contributed by atoms with van der Waals surface area (Å²) in [6.45, 7) is 5.15. The average molecular weight is 273 g/mol. The highest BCUT2D eigenvalue weighted by molar-refractivity contribution is 5.99. The Morgan fingerprint density at radius 3 is 2.90 bits per heavy atom. The van der Waals surface area contributed by atoms with Crippen LogP contribution in [0.2, 0.25) is 0 Å². The molecule has 6 nitrogen and oxygen atoms in total. The van der Waals surface area contributed by atoms with E-state index < -0.39 is 0 Å². The van der Waals surface area contributed by atoms with Crippen molar-refractivity contribution in [2.24, 2.45) is 0 Å². The highest BCUT2D eigenvalue weighted by atomic mass is 16.1. The molecule has 0 unspecified atom stereocenters. The Kier molecular flexibility index (Phi) is 4.34. The Morgan fingerprint density at radius 1 is 1.40 bits per heavy atom. The number of hydrogen-bond donors (Lipinski definition) is 2. The summed E-state index contributed by atoms with van der Waals surface area (Å²) in [5.74, 6) is 0.624. The van der Waals surface area contributed by atoms with Gasteiger partial charge in [0.05, 0.1) is 12.1 Å². The average Bonchev–Trinajstić information content (AvgIpc) is 2.92. The van der Waals surface area contributed by atoms with Gasteiger partial charge in [-0.3, -0.25) is 4.79 Å². The molecule has 20 heavy (non-hydrogen) atoms. The molecule has 2 aromatic rings. The molecular formula is C14H19N5O. The zero-order valence-electron chi connectivity index (χ0n) is 12.0. The van der Waals surface area contributed by atoms with Crippen LogP contribution in [0.5, 0.6) is 0 Å². The summed E-state index contributed by atoms with van der Waals surface area (Å²) >= 11 is 0. The van der Waals surface area contributed by atoms with Crippen molar-refractivity contribution < 1.29 is 4.79 Å². The maximum absolute atomic E-state index is 12.2. The van der Waals surface area contributed by atoms with Gasteiger partial charge in [-0.2, -0.15) is 0 Å². The van der Waals surface area contributed by atoms with Crippen LogP contribution in [-0.2, 0) is 13.1 Å². The van der Waals surface area contributed by atoms with Gasteiger partial charge in [0.1, 0.15) is 6.33 Å². The lowest BCUT2D eigenvalue weighted by molar-refractivity contribution is 0.0950. The number of carbonyl (C=O) groups is 1. The molecule has 1 aromatic carbocycles. The van der Waals surface area contributed by atoms with Gasteiger partial charge in [0.25, 0.3) is 5.91 Å². The first-order valence-corrected chi connectivity index (χ1v) is 6.59. The van der Waals surface area contributed by atoms with Gasteiger partial charge in [-0.1, -0.05) is 6.07 Å². The zero-order valence-corrected chi connectivity index (χ0v) is 12.0. The number of nitrogens with one attached hydrogen (secondary N) is 2. The molecule has 0 atom stereocenters. The maximum Gasteiger partial charge on any atom is 0.253 e. The molecule has 2 rings (SSSR count). The normalized spacial score (nSPS) is 10.3. The third-order valence-electron chi connectivity index (χ3n) is 3.13. The van der Waals surface area contributed by atoms with Crippen molar-refractivity contribution in [3.8, 4) is 0 Å². The fourth-order valence-electron chi connectivity index (χ4n) is 2.00. The largest absolute Gasteiger partial charge is 0.387 e. The minimum Gasteiger partial charge on any atom is -0.387 e. The molecule has 0 saturated heterocycles. The standard InChI is InChI=1S/C14H19N5O/c1-4-19-9-17-18-13(19)8-16-14(20)11-6-5-10(2)7-12(11)15-3/h5-7,9,15H,4,8H2,1-3H3,(H,16,20). The number of anilines is 1. The quantitative estimate of drug-likeness (QED) is 0.867. The minimum absolute atomic E-state index is 0.125. The third kappa shape index (κ3) is 2.96. The minimum atomic E-state index is -0.125. The second kappa shape index (κ2) is 6.18. The van der Waals surface area contributed by atoms with E-state index in [0.29, 0.717) is 12.1 Å². The molecule has 2 N–H and O–H groups in total. The fourth-order valence-corrected chi connectivity index (χ4v) is 2.00. The van der Waals surface area contributed by atoms with E-state index in [-0.39, 0.29) is 5.91 Å². The summed E-state index contributed by atoms with van der Waals surface area (Å²) in [7, 11) is 1.80. The van der Waals surface area contributed by atoms with Gasteiger partial charge >= 0.3 is 0 Å². The summed E-state index contributed by atoms with van der Waals surface area (Å²) in [4.78, 5) is 12.2. The SMILES string of the molecule is CCn1cnnc1CNC(=O)c1ccc(C)cc1NC. The van der Waals surface area contributed by atoms with Crippen LogP contribution >= 0.6 is 0 Å². The van der Waals surface area contributed by atoms with Gasteiger partial charge in [-0.15, -0.1) is 10.2 Å². The molecule has 1 aromatic heterocycles. The van der Waals surface area contributed by atoms with Crippen molar-refractivity contribution in [3.05, 3.63) is 41.5 Å². The molecule has 1 heterocycles. The van der Waals surface area contributed by atoms with E-state index >= 15 is 0 Å². The molecule has 0 saturated carbocycles. The molecule has 106 valence electrons. The summed E-state index contributed by atoms with van der Waals surface area (Å²) in [5, 5.41) is 13.7. The predicted molar refractivity (Wildman–Crippen MR) is 77.6 cm³/mol. The lowest BCUT2D eigenvalue weighted by Crippen LogP contribution is -2.25. The van der Waals surface area contributed by atoms with Crippen molar-refractivity contribution in [2.75, 3.05) is 12.4 Å². The molecule has 0 aliphatic carbocycles. The number of aromatic nitrogens is 3. The molecule has 0 aliphatic heterocycles. The van der Waals surface area contributed by atoms with Gasteiger partial charge in [0.15, 0.2) is 5.82 Å². The van der Waals surface area contributed by atoms with Crippen LogP contribution in [0.3, 0.4) is 0 Å². The Hall–Kier alpha value is -2.37. The smallest absolute Gasteiger partial charge is 0.253 e. The zero-order chi connectivity index (χ0) is 14.5. The number of amides is 1. The monoisotopic (exact) mass is 273 g/mol. The second-order valence-corrected chi connectivity index (χ2v) is 4.51. The van der Waals surface area contributed by atoms with Crippen LogP contribution < -0.4 is 10.6 Å². The molecule has 0 bridgehead atoms. The topological polar surface area (TPSA) is 71.8 Å². The van der Waals surface area contributed by atoms with Crippen LogP contribution in [0.1, 0.15) is 28.7 Å². The van der Waals surface area contributed by atoms with E-state index in [9.17, 15) is 4.79 Å². The molecule has 0 radical (unpaired) electrons. The Balaban J connectivity index is 2.09. The first-order valence-electron chi connectivity index (χ1n) is 6.59.